The third kappa shape index (κ3) is 2.55. The lowest BCUT2D eigenvalue weighted by Crippen LogP contribution is -2.19. The topological polar surface area (TPSA) is 24.9 Å². The molecule has 1 unspecified atom stereocenters. The zero-order valence-electron chi connectivity index (χ0n) is 10.9. The van der Waals surface area contributed by atoms with Gasteiger partial charge < -0.3 is 5.32 Å². The number of hydrogen-bond acceptors (Lipinski definition) is 2. The third-order valence-corrected chi connectivity index (χ3v) is 3.43. The predicted octanol–water partition coefficient (Wildman–Crippen LogP) is 3.66. The van der Waals surface area contributed by atoms with E-state index in [4.69, 9.17) is 11.6 Å². The molecule has 2 aromatic rings. The molecule has 0 amide bonds. The molecule has 1 atom stereocenters. The van der Waals surface area contributed by atoms with Crippen LogP contribution in [-0.4, -0.2) is 12.0 Å². The number of aromatic nitrogens is 1. The van der Waals surface area contributed by atoms with E-state index in [0.717, 1.165) is 27.5 Å². The number of halogens is 1. The van der Waals surface area contributed by atoms with Crippen LogP contribution in [0.3, 0.4) is 0 Å². The quantitative estimate of drug-likeness (QED) is 0.911. The second-order valence-electron chi connectivity index (χ2n) is 4.37. The van der Waals surface area contributed by atoms with E-state index in [0.29, 0.717) is 0 Å². The van der Waals surface area contributed by atoms with Crippen molar-refractivity contribution >= 4 is 11.6 Å². The molecule has 0 bridgehead atoms. The first kappa shape index (κ1) is 13.1. The van der Waals surface area contributed by atoms with Crippen LogP contribution < -0.4 is 5.32 Å². The largest absolute Gasteiger partial charge is 0.309 e. The van der Waals surface area contributed by atoms with Crippen LogP contribution in [0.5, 0.6) is 0 Å². The Kier molecular flexibility index (Phi) is 4.00. The third-order valence-electron chi connectivity index (χ3n) is 3.08. The van der Waals surface area contributed by atoms with Crippen LogP contribution in [0, 0.1) is 13.8 Å². The summed E-state index contributed by atoms with van der Waals surface area (Å²) < 4.78 is 0. The molecule has 0 fully saturated rings. The molecule has 0 radical (unpaired) electrons. The van der Waals surface area contributed by atoms with Crippen molar-refractivity contribution in [3.05, 3.63) is 63.9 Å². The molecule has 1 aromatic carbocycles. The number of hydrogen-bond donors (Lipinski definition) is 1. The summed E-state index contributed by atoms with van der Waals surface area (Å²) in [7, 11) is 1.94. The smallest absolute Gasteiger partial charge is 0.0606 e. The Balaban J connectivity index is 2.49. The molecule has 0 aliphatic heterocycles. The minimum absolute atomic E-state index is 0.0757. The number of pyridine rings is 1. The van der Waals surface area contributed by atoms with E-state index in [1.807, 2.05) is 51.2 Å². The summed E-state index contributed by atoms with van der Waals surface area (Å²) in [6, 6.07) is 12.1. The zero-order valence-corrected chi connectivity index (χ0v) is 11.6. The maximum absolute atomic E-state index is 6.27. The van der Waals surface area contributed by atoms with Crippen LogP contribution in [0.15, 0.2) is 36.4 Å². The zero-order chi connectivity index (χ0) is 13.1. The number of nitrogens with one attached hydrogen (secondary N) is 1. The number of aryl methyl sites for hydroxylation is 2. The fourth-order valence-electron chi connectivity index (χ4n) is 2.19. The fraction of sp³-hybridized carbons (Fsp3) is 0.267. The predicted molar refractivity (Wildman–Crippen MR) is 76.1 cm³/mol. The molecule has 2 rings (SSSR count). The highest BCUT2D eigenvalue weighted by Crippen LogP contribution is 2.29. The Morgan fingerprint density at radius 3 is 2.39 bits per heavy atom. The Hall–Kier alpha value is -1.38. The van der Waals surface area contributed by atoms with Crippen LogP contribution in [0.1, 0.15) is 28.6 Å². The van der Waals surface area contributed by atoms with Crippen molar-refractivity contribution in [3.8, 4) is 0 Å². The molecule has 1 heterocycles. The van der Waals surface area contributed by atoms with Gasteiger partial charge in [-0.05, 0) is 44.2 Å². The van der Waals surface area contributed by atoms with Crippen molar-refractivity contribution in [2.45, 2.75) is 19.9 Å². The van der Waals surface area contributed by atoms with Crippen LogP contribution in [0.2, 0.25) is 5.02 Å². The average molecular weight is 261 g/mol. The summed E-state index contributed by atoms with van der Waals surface area (Å²) in [5.74, 6) is 0. The molecular weight excluding hydrogens is 244 g/mol. The van der Waals surface area contributed by atoms with E-state index in [1.54, 1.807) is 0 Å². The average Bonchev–Trinajstić information content (AvgIpc) is 2.34. The summed E-state index contributed by atoms with van der Waals surface area (Å²) in [4.78, 5) is 4.51. The molecule has 94 valence electrons. The molecule has 0 spiro atoms. The molecule has 3 heteroatoms. The van der Waals surface area contributed by atoms with Gasteiger partial charge in [0.2, 0.25) is 0 Å². The summed E-state index contributed by atoms with van der Waals surface area (Å²) in [6.45, 7) is 4.03. The first-order chi connectivity index (χ1) is 8.63. The summed E-state index contributed by atoms with van der Waals surface area (Å²) in [5.41, 5.74) is 4.31. The van der Waals surface area contributed by atoms with Crippen LogP contribution in [0.25, 0.3) is 0 Å². The minimum Gasteiger partial charge on any atom is -0.309 e. The van der Waals surface area contributed by atoms with E-state index in [-0.39, 0.29) is 6.04 Å². The monoisotopic (exact) mass is 260 g/mol. The molecule has 2 nitrogen and oxygen atoms in total. The summed E-state index contributed by atoms with van der Waals surface area (Å²) in [6.07, 6.45) is 0. The Labute approximate surface area is 113 Å². The molecule has 0 aliphatic carbocycles. The van der Waals surface area contributed by atoms with E-state index < -0.39 is 0 Å². The van der Waals surface area contributed by atoms with Gasteiger partial charge in [-0.15, -0.1) is 0 Å². The second kappa shape index (κ2) is 5.51. The van der Waals surface area contributed by atoms with Gasteiger partial charge in [-0.25, -0.2) is 0 Å². The first-order valence-corrected chi connectivity index (χ1v) is 6.37. The number of nitrogens with zero attached hydrogens (tertiary/aromatic N) is 1. The van der Waals surface area contributed by atoms with Crippen molar-refractivity contribution < 1.29 is 0 Å². The lowest BCUT2D eigenvalue weighted by Gasteiger charge is -2.20. The maximum atomic E-state index is 6.27. The van der Waals surface area contributed by atoms with Crippen molar-refractivity contribution in [3.63, 3.8) is 0 Å². The lowest BCUT2D eigenvalue weighted by molar-refractivity contribution is 0.682. The normalized spacial score (nSPS) is 12.4. The highest BCUT2D eigenvalue weighted by atomic mass is 35.5. The van der Waals surface area contributed by atoms with E-state index in [1.165, 1.54) is 0 Å². The minimum atomic E-state index is 0.0757. The van der Waals surface area contributed by atoms with Gasteiger partial charge in [0.25, 0.3) is 0 Å². The van der Waals surface area contributed by atoms with Crippen LogP contribution >= 0.6 is 11.6 Å². The van der Waals surface area contributed by atoms with Gasteiger partial charge >= 0.3 is 0 Å². The van der Waals surface area contributed by atoms with Crippen molar-refractivity contribution in [1.29, 1.82) is 0 Å². The van der Waals surface area contributed by atoms with E-state index in [9.17, 15) is 0 Å². The van der Waals surface area contributed by atoms with Gasteiger partial charge in [-0.3, -0.25) is 4.98 Å². The molecule has 1 aromatic heterocycles. The molecule has 1 N–H and O–H groups in total. The van der Waals surface area contributed by atoms with Gasteiger partial charge in [0.15, 0.2) is 0 Å². The van der Waals surface area contributed by atoms with Gasteiger partial charge in [-0.2, -0.15) is 0 Å². The Bertz CT molecular complexity index is 552. The number of rotatable bonds is 3. The number of benzene rings is 1. The SMILES string of the molecule is CNC(c1ccccc1Cl)c1ccc(C)nc1C. The Morgan fingerprint density at radius 2 is 1.78 bits per heavy atom. The molecule has 0 aliphatic rings. The Morgan fingerprint density at radius 1 is 1.06 bits per heavy atom. The molecule has 18 heavy (non-hydrogen) atoms. The lowest BCUT2D eigenvalue weighted by atomic mass is 9.97. The van der Waals surface area contributed by atoms with Gasteiger partial charge in [0.05, 0.1) is 6.04 Å². The van der Waals surface area contributed by atoms with Gasteiger partial charge in [0, 0.05) is 16.4 Å². The molecular formula is C15H17ClN2. The summed E-state index contributed by atoms with van der Waals surface area (Å²) in [5, 5.41) is 4.09. The highest BCUT2D eigenvalue weighted by Gasteiger charge is 2.17. The van der Waals surface area contributed by atoms with E-state index >= 15 is 0 Å². The standard InChI is InChI=1S/C15H17ClN2/c1-10-8-9-12(11(2)18-10)15(17-3)13-6-4-5-7-14(13)16/h4-9,15,17H,1-3H3. The van der Waals surface area contributed by atoms with Gasteiger partial charge in [-0.1, -0.05) is 35.9 Å². The van der Waals surface area contributed by atoms with E-state index in [2.05, 4.69) is 16.4 Å². The van der Waals surface area contributed by atoms with Gasteiger partial charge in [0.1, 0.15) is 0 Å². The second-order valence-corrected chi connectivity index (χ2v) is 4.78. The van der Waals surface area contributed by atoms with Crippen LogP contribution in [-0.2, 0) is 0 Å². The fourth-order valence-corrected chi connectivity index (χ4v) is 2.44. The van der Waals surface area contributed by atoms with Crippen molar-refractivity contribution in [2.75, 3.05) is 7.05 Å². The highest BCUT2D eigenvalue weighted by molar-refractivity contribution is 6.31. The van der Waals surface area contributed by atoms with Crippen LogP contribution in [0.4, 0.5) is 0 Å². The van der Waals surface area contributed by atoms with Crippen molar-refractivity contribution in [1.82, 2.24) is 10.3 Å². The van der Waals surface area contributed by atoms with Crippen molar-refractivity contribution in [2.24, 2.45) is 0 Å². The summed E-state index contributed by atoms with van der Waals surface area (Å²) >= 11 is 6.27. The maximum Gasteiger partial charge on any atom is 0.0606 e. The molecule has 0 saturated heterocycles. The first-order valence-electron chi connectivity index (χ1n) is 5.99. The molecule has 0 saturated carbocycles.